The van der Waals surface area contributed by atoms with E-state index in [4.69, 9.17) is 4.74 Å². The number of carbonyl (C=O) groups is 1. The summed E-state index contributed by atoms with van der Waals surface area (Å²) in [6.45, 7) is 8.33. The summed E-state index contributed by atoms with van der Waals surface area (Å²) in [6, 6.07) is 12.0. The summed E-state index contributed by atoms with van der Waals surface area (Å²) in [6.07, 6.45) is 0. The molecule has 4 nitrogen and oxygen atoms in total. The van der Waals surface area contributed by atoms with Gasteiger partial charge in [-0.25, -0.2) is 4.98 Å². The van der Waals surface area contributed by atoms with Gasteiger partial charge in [0.05, 0.1) is 10.2 Å². The predicted octanol–water partition coefficient (Wildman–Crippen LogP) is 5.05. The maximum absolute atomic E-state index is 12.1. The van der Waals surface area contributed by atoms with Crippen LogP contribution in [0.2, 0.25) is 0 Å². The number of amides is 1. The highest BCUT2D eigenvalue weighted by Gasteiger charge is 2.11. The summed E-state index contributed by atoms with van der Waals surface area (Å²) in [4.78, 5) is 16.7. The minimum absolute atomic E-state index is 0.0328. The zero-order valence-corrected chi connectivity index (χ0v) is 15.7. The van der Waals surface area contributed by atoms with Crippen LogP contribution in [0, 0.1) is 13.8 Å². The van der Waals surface area contributed by atoms with Crippen molar-refractivity contribution in [3.8, 4) is 5.75 Å². The van der Waals surface area contributed by atoms with Crippen molar-refractivity contribution in [2.24, 2.45) is 0 Å². The first-order chi connectivity index (χ1) is 11.9. The fourth-order valence-corrected chi connectivity index (χ4v) is 3.59. The van der Waals surface area contributed by atoms with Crippen LogP contribution in [0.5, 0.6) is 5.75 Å². The summed E-state index contributed by atoms with van der Waals surface area (Å²) in [5.74, 6) is 0.959. The van der Waals surface area contributed by atoms with Gasteiger partial charge in [0, 0.05) is 0 Å². The number of aromatic nitrogens is 1. The van der Waals surface area contributed by atoms with Crippen molar-refractivity contribution < 1.29 is 9.53 Å². The highest BCUT2D eigenvalue weighted by Crippen LogP contribution is 2.30. The molecule has 1 N–H and O–H groups in total. The summed E-state index contributed by atoms with van der Waals surface area (Å²) < 4.78 is 6.67. The summed E-state index contributed by atoms with van der Waals surface area (Å²) >= 11 is 1.49. The third-order valence-corrected chi connectivity index (χ3v) is 5.21. The van der Waals surface area contributed by atoms with Gasteiger partial charge in [0.15, 0.2) is 11.7 Å². The Bertz CT molecular complexity index is 859. The first-order valence-electron chi connectivity index (χ1n) is 8.33. The molecule has 0 aliphatic heterocycles. The Hall–Kier alpha value is -2.40. The molecule has 0 spiro atoms. The number of aryl methyl sites for hydroxylation is 2. The average molecular weight is 354 g/mol. The van der Waals surface area contributed by atoms with E-state index >= 15 is 0 Å². The lowest BCUT2D eigenvalue weighted by Gasteiger charge is -2.08. The van der Waals surface area contributed by atoms with Crippen LogP contribution in [0.25, 0.3) is 10.2 Å². The normalized spacial score (nSPS) is 11.1. The van der Waals surface area contributed by atoms with E-state index in [1.54, 1.807) is 0 Å². The molecular weight excluding hydrogens is 332 g/mol. The number of anilines is 1. The van der Waals surface area contributed by atoms with E-state index < -0.39 is 0 Å². The van der Waals surface area contributed by atoms with Crippen molar-refractivity contribution in [2.45, 2.75) is 33.6 Å². The Kier molecular flexibility index (Phi) is 5.04. The molecule has 0 atom stereocenters. The second-order valence-corrected chi connectivity index (χ2v) is 7.46. The van der Waals surface area contributed by atoms with Crippen LogP contribution < -0.4 is 10.1 Å². The summed E-state index contributed by atoms with van der Waals surface area (Å²) in [5.41, 5.74) is 4.47. The van der Waals surface area contributed by atoms with Crippen molar-refractivity contribution in [1.29, 1.82) is 0 Å². The first kappa shape index (κ1) is 17.4. The maximum Gasteiger partial charge on any atom is 0.264 e. The molecule has 0 aliphatic carbocycles. The topological polar surface area (TPSA) is 51.2 Å². The molecule has 1 aromatic heterocycles. The van der Waals surface area contributed by atoms with E-state index in [0.29, 0.717) is 16.8 Å². The number of rotatable bonds is 5. The van der Waals surface area contributed by atoms with Crippen molar-refractivity contribution in [3.05, 3.63) is 53.1 Å². The molecule has 2 aromatic carbocycles. The maximum atomic E-state index is 12.1. The molecule has 0 saturated heterocycles. The zero-order chi connectivity index (χ0) is 18.0. The molecule has 0 bridgehead atoms. The lowest BCUT2D eigenvalue weighted by molar-refractivity contribution is -0.118. The van der Waals surface area contributed by atoms with Crippen LogP contribution >= 0.6 is 11.3 Å². The highest BCUT2D eigenvalue weighted by atomic mass is 32.1. The highest BCUT2D eigenvalue weighted by molar-refractivity contribution is 7.22. The van der Waals surface area contributed by atoms with Crippen molar-refractivity contribution in [3.63, 3.8) is 0 Å². The smallest absolute Gasteiger partial charge is 0.264 e. The number of ether oxygens (including phenoxy) is 1. The van der Waals surface area contributed by atoms with Gasteiger partial charge in [-0.2, -0.15) is 0 Å². The summed E-state index contributed by atoms with van der Waals surface area (Å²) in [5, 5.41) is 3.44. The minimum atomic E-state index is -0.206. The third-order valence-electron chi connectivity index (χ3n) is 4.11. The summed E-state index contributed by atoms with van der Waals surface area (Å²) in [7, 11) is 0. The fraction of sp³-hybridized carbons (Fsp3) is 0.300. The standard InChI is InChI=1S/C20H22N2O2S/c1-12(2)15-7-9-16(10-8-15)24-11-17(23)21-20-22-18-13(3)5-6-14(4)19(18)25-20/h5-10,12H,11H2,1-4H3,(H,21,22,23). The molecule has 130 valence electrons. The van der Waals surface area contributed by atoms with Crippen molar-refractivity contribution in [1.82, 2.24) is 4.98 Å². The van der Waals surface area contributed by atoms with E-state index in [9.17, 15) is 4.79 Å². The number of carbonyl (C=O) groups excluding carboxylic acids is 1. The van der Waals surface area contributed by atoms with E-state index in [1.807, 2.05) is 37.3 Å². The molecule has 0 saturated carbocycles. The fourth-order valence-electron chi connectivity index (χ4n) is 2.57. The predicted molar refractivity (Wildman–Crippen MR) is 104 cm³/mol. The Labute approximate surface area is 151 Å². The van der Waals surface area contributed by atoms with Crippen LogP contribution in [-0.4, -0.2) is 17.5 Å². The number of nitrogens with zero attached hydrogens (tertiary/aromatic N) is 1. The van der Waals surface area contributed by atoms with Crippen LogP contribution in [-0.2, 0) is 4.79 Å². The van der Waals surface area contributed by atoms with E-state index in [1.165, 1.54) is 22.5 Å². The van der Waals surface area contributed by atoms with Gasteiger partial charge in [0.25, 0.3) is 5.91 Å². The van der Waals surface area contributed by atoms with Crippen LogP contribution in [0.4, 0.5) is 5.13 Å². The second kappa shape index (κ2) is 7.23. The van der Waals surface area contributed by atoms with Gasteiger partial charge in [-0.1, -0.05) is 49.4 Å². The van der Waals surface area contributed by atoms with Gasteiger partial charge in [0.2, 0.25) is 0 Å². The van der Waals surface area contributed by atoms with E-state index in [-0.39, 0.29) is 12.5 Å². The molecule has 25 heavy (non-hydrogen) atoms. The number of thiazole rings is 1. The van der Waals surface area contributed by atoms with Gasteiger partial charge in [-0.15, -0.1) is 0 Å². The molecule has 3 aromatic rings. The molecule has 3 rings (SSSR count). The van der Waals surface area contributed by atoms with Crippen LogP contribution in [0.15, 0.2) is 36.4 Å². The van der Waals surface area contributed by atoms with Crippen LogP contribution in [0.3, 0.4) is 0 Å². The SMILES string of the molecule is Cc1ccc(C)c2sc(NC(=O)COc3ccc(C(C)C)cc3)nc12. The van der Waals surface area contributed by atoms with Gasteiger partial charge < -0.3 is 4.74 Å². The number of benzene rings is 2. The molecule has 5 heteroatoms. The van der Waals surface area contributed by atoms with Gasteiger partial charge >= 0.3 is 0 Å². The van der Waals surface area contributed by atoms with Gasteiger partial charge in [0.1, 0.15) is 5.75 Å². The Morgan fingerprint density at radius 3 is 2.44 bits per heavy atom. The second-order valence-electron chi connectivity index (χ2n) is 6.46. The molecular formula is C20H22N2O2S. The molecule has 0 fully saturated rings. The Morgan fingerprint density at radius 1 is 1.12 bits per heavy atom. The Morgan fingerprint density at radius 2 is 1.80 bits per heavy atom. The monoisotopic (exact) mass is 354 g/mol. The van der Waals surface area contributed by atoms with E-state index in [2.05, 4.69) is 37.1 Å². The molecule has 0 aliphatic rings. The minimum Gasteiger partial charge on any atom is -0.484 e. The molecule has 1 amide bonds. The average Bonchev–Trinajstić information content (AvgIpc) is 3.02. The molecule has 1 heterocycles. The molecule has 0 unspecified atom stereocenters. The number of hydrogen-bond acceptors (Lipinski definition) is 4. The molecule has 0 radical (unpaired) electrons. The number of nitrogens with one attached hydrogen (secondary N) is 1. The lowest BCUT2D eigenvalue weighted by Crippen LogP contribution is -2.20. The Balaban J connectivity index is 1.63. The van der Waals surface area contributed by atoms with Gasteiger partial charge in [-0.05, 0) is 48.6 Å². The van der Waals surface area contributed by atoms with Crippen LogP contribution in [0.1, 0.15) is 36.5 Å². The quantitative estimate of drug-likeness (QED) is 0.697. The zero-order valence-electron chi connectivity index (χ0n) is 14.9. The largest absolute Gasteiger partial charge is 0.484 e. The van der Waals surface area contributed by atoms with Gasteiger partial charge in [-0.3, -0.25) is 10.1 Å². The third kappa shape index (κ3) is 3.99. The van der Waals surface area contributed by atoms with E-state index in [0.717, 1.165) is 15.8 Å². The number of hydrogen-bond donors (Lipinski definition) is 1. The van der Waals surface area contributed by atoms with Crippen molar-refractivity contribution >= 4 is 32.6 Å². The number of fused-ring (bicyclic) bond motifs is 1. The first-order valence-corrected chi connectivity index (χ1v) is 9.15. The van der Waals surface area contributed by atoms with Crippen molar-refractivity contribution in [2.75, 3.05) is 11.9 Å². The lowest BCUT2D eigenvalue weighted by atomic mass is 10.0.